The van der Waals surface area contributed by atoms with Gasteiger partial charge in [-0.1, -0.05) is 287 Å². The summed E-state index contributed by atoms with van der Waals surface area (Å²) in [6, 6.07) is 134. The molecule has 2 aliphatic carbocycles. The molecule has 0 spiro atoms. The molecule has 18 rings (SSSR count). The van der Waals surface area contributed by atoms with Gasteiger partial charge in [0.1, 0.15) is 11.2 Å². The lowest BCUT2D eigenvalue weighted by atomic mass is 9.67. The van der Waals surface area contributed by atoms with Crippen LogP contribution >= 0.6 is 0 Å². The van der Waals surface area contributed by atoms with E-state index in [-0.39, 0.29) is 5.41 Å². The molecular weight excluding hydrogens is 1170 g/mol. The molecule has 1 heterocycles. The van der Waals surface area contributed by atoms with Gasteiger partial charge in [-0.05, 0) is 197 Å². The van der Waals surface area contributed by atoms with Crippen molar-refractivity contribution in [3.05, 3.63) is 397 Å². The Morgan fingerprint density at radius 2 is 0.629 bits per heavy atom. The summed E-state index contributed by atoms with van der Waals surface area (Å²) in [5, 5.41) is 2.24. The topological polar surface area (TPSA) is 19.6 Å². The van der Waals surface area contributed by atoms with Crippen molar-refractivity contribution in [2.24, 2.45) is 0 Å². The summed E-state index contributed by atoms with van der Waals surface area (Å²) in [4.78, 5) is 4.98. The van der Waals surface area contributed by atoms with Crippen LogP contribution in [0.15, 0.2) is 368 Å². The zero-order valence-corrected chi connectivity index (χ0v) is 53.9. The van der Waals surface area contributed by atoms with Gasteiger partial charge < -0.3 is 14.2 Å². The van der Waals surface area contributed by atoms with Crippen LogP contribution in [0.4, 0.5) is 34.1 Å². The third-order valence-corrected chi connectivity index (χ3v) is 20.5. The first-order valence-corrected chi connectivity index (χ1v) is 33.6. The number of para-hydroxylation sites is 1. The van der Waals surface area contributed by atoms with E-state index in [1.165, 1.54) is 77.9 Å². The second kappa shape index (κ2) is 23.3. The Labute approximate surface area is 566 Å². The van der Waals surface area contributed by atoms with Crippen LogP contribution in [0, 0.1) is 0 Å². The summed E-state index contributed by atoms with van der Waals surface area (Å²) in [5.41, 5.74) is 31.6. The molecule has 15 aromatic carbocycles. The van der Waals surface area contributed by atoms with Gasteiger partial charge in [-0.25, -0.2) is 0 Å². The number of furan rings is 1. The lowest BCUT2D eigenvalue weighted by Crippen LogP contribution is -2.30. The predicted molar refractivity (Wildman–Crippen MR) is 405 cm³/mol. The summed E-state index contributed by atoms with van der Waals surface area (Å²) in [7, 11) is 0. The van der Waals surface area contributed by atoms with Gasteiger partial charge in [0.05, 0.1) is 16.8 Å². The molecule has 0 N–H and O–H groups in total. The average Bonchev–Trinajstić information content (AvgIpc) is 1.55. The molecule has 0 atom stereocenters. The highest BCUT2D eigenvalue weighted by molar-refractivity contribution is 6.06. The van der Waals surface area contributed by atoms with Gasteiger partial charge in [-0.2, -0.15) is 0 Å². The minimum Gasteiger partial charge on any atom is -0.456 e. The number of anilines is 6. The second-order valence-electron chi connectivity index (χ2n) is 26.3. The van der Waals surface area contributed by atoms with E-state index in [1.54, 1.807) is 0 Å². The van der Waals surface area contributed by atoms with Gasteiger partial charge in [-0.15, -0.1) is 0 Å². The fourth-order valence-corrected chi connectivity index (χ4v) is 16.0. The molecule has 0 bridgehead atoms. The van der Waals surface area contributed by atoms with Crippen molar-refractivity contribution in [2.45, 2.75) is 24.7 Å². The molecule has 0 unspecified atom stereocenters. The van der Waals surface area contributed by atoms with E-state index >= 15 is 0 Å². The summed E-state index contributed by atoms with van der Waals surface area (Å²) < 4.78 is 6.27. The van der Waals surface area contributed by atoms with Crippen molar-refractivity contribution in [2.75, 3.05) is 9.80 Å². The zero-order chi connectivity index (χ0) is 64.6. The van der Waals surface area contributed by atoms with Crippen molar-refractivity contribution in [3.63, 3.8) is 0 Å². The van der Waals surface area contributed by atoms with Crippen LogP contribution in [0.5, 0.6) is 0 Å². The third kappa shape index (κ3) is 9.56. The summed E-state index contributed by atoms with van der Waals surface area (Å²) in [5.74, 6) is 0. The van der Waals surface area contributed by atoms with Crippen LogP contribution in [-0.2, 0) is 10.8 Å². The van der Waals surface area contributed by atoms with E-state index < -0.39 is 5.41 Å². The average molecular weight is 1240 g/mol. The summed E-state index contributed by atoms with van der Waals surface area (Å²) in [6.45, 7) is 4.79. The van der Waals surface area contributed by atoms with Crippen molar-refractivity contribution >= 4 is 56.1 Å². The molecule has 0 aliphatic heterocycles. The van der Waals surface area contributed by atoms with Crippen molar-refractivity contribution < 1.29 is 4.42 Å². The molecule has 97 heavy (non-hydrogen) atoms. The smallest absolute Gasteiger partial charge is 0.135 e. The summed E-state index contributed by atoms with van der Waals surface area (Å²) in [6.07, 6.45) is 0. The lowest BCUT2D eigenvalue weighted by molar-refractivity contribution is 0.661. The molecule has 0 amide bonds. The fraction of sp³-hybridized carbons (Fsp3) is 0.0426. The van der Waals surface area contributed by atoms with Crippen LogP contribution in [0.1, 0.15) is 47.2 Å². The third-order valence-electron chi connectivity index (χ3n) is 20.5. The number of fused-ring (bicyclic) bond motifs is 9. The molecule has 16 aromatic rings. The normalized spacial score (nSPS) is 13.0. The second-order valence-corrected chi connectivity index (χ2v) is 26.3. The maximum absolute atomic E-state index is 6.27. The standard InChI is InChI=1S/C94H66N2O/c1-93(2)85-37-18-15-34-80(85)84-61-72(62-88(91(84)93)96(77-52-43-66(44-53-77)64-25-9-4-10-26-64)78-56-47-68(48-57-78)71-49-58-90-83(60-71)81-35-17-20-40-89(81)97-90)70-28-21-27-69(59-70)67-45-54-76(55-46-67)95(75-50-41-65(42-51-75)63-23-7-3-8-24-63)87-39-22-36-82-79-33-16-19-38-86(79)94(92(82)87,73-29-11-5-12-30-73)74-31-13-6-14-32-74/h3-62H,1-2H3. The number of rotatable bonds is 13. The molecule has 1 aromatic heterocycles. The zero-order valence-electron chi connectivity index (χ0n) is 53.9. The van der Waals surface area contributed by atoms with Crippen molar-refractivity contribution in [3.8, 4) is 77.9 Å². The highest BCUT2D eigenvalue weighted by Crippen LogP contribution is 2.61. The van der Waals surface area contributed by atoms with E-state index in [4.69, 9.17) is 4.42 Å². The van der Waals surface area contributed by atoms with Gasteiger partial charge in [0.15, 0.2) is 0 Å². The number of nitrogens with zero attached hydrogens (tertiary/aromatic N) is 2. The van der Waals surface area contributed by atoms with Gasteiger partial charge in [0.25, 0.3) is 0 Å². The van der Waals surface area contributed by atoms with Crippen LogP contribution in [0.2, 0.25) is 0 Å². The first kappa shape index (κ1) is 57.4. The molecule has 0 radical (unpaired) electrons. The van der Waals surface area contributed by atoms with E-state index in [0.29, 0.717) is 0 Å². The first-order chi connectivity index (χ1) is 47.8. The highest BCUT2D eigenvalue weighted by atomic mass is 16.3. The Morgan fingerprint density at radius 1 is 0.237 bits per heavy atom. The van der Waals surface area contributed by atoms with Crippen molar-refractivity contribution in [1.29, 1.82) is 0 Å². The lowest BCUT2D eigenvalue weighted by Gasteiger charge is -2.38. The number of benzene rings is 15. The highest BCUT2D eigenvalue weighted by Gasteiger charge is 2.48. The van der Waals surface area contributed by atoms with Crippen LogP contribution < -0.4 is 9.80 Å². The Hall–Kier alpha value is -12.3. The SMILES string of the molecule is CC1(C)c2ccccc2-c2cc(-c3cccc(-c4ccc(N(c5ccc(-c6ccccc6)cc5)c5cccc6c5C(c5ccccc5)(c5ccccc5)c5ccccc5-6)cc4)c3)cc(N(c3ccc(-c4ccccc4)cc3)c3ccc(-c4ccc5oc6ccccc6c5c4)cc3)c21. The van der Waals surface area contributed by atoms with Crippen LogP contribution in [0.25, 0.3) is 99.8 Å². The van der Waals surface area contributed by atoms with E-state index in [0.717, 1.165) is 89.4 Å². The molecule has 0 saturated carbocycles. The minimum absolute atomic E-state index is 0.319. The van der Waals surface area contributed by atoms with Gasteiger partial charge in [0, 0.05) is 44.5 Å². The molecule has 3 nitrogen and oxygen atoms in total. The Morgan fingerprint density at radius 3 is 1.20 bits per heavy atom. The Balaban J connectivity index is 0.772. The largest absolute Gasteiger partial charge is 0.456 e. The molecule has 0 fully saturated rings. The quantitative estimate of drug-likeness (QED) is 0.115. The number of hydrogen-bond acceptors (Lipinski definition) is 3. The molecule has 2 aliphatic rings. The van der Waals surface area contributed by atoms with E-state index in [9.17, 15) is 0 Å². The van der Waals surface area contributed by atoms with Crippen molar-refractivity contribution in [1.82, 2.24) is 0 Å². The van der Waals surface area contributed by atoms with E-state index in [1.807, 2.05) is 12.1 Å². The monoisotopic (exact) mass is 1240 g/mol. The first-order valence-electron chi connectivity index (χ1n) is 33.6. The molecule has 0 saturated heterocycles. The predicted octanol–water partition coefficient (Wildman–Crippen LogP) is 25.5. The maximum atomic E-state index is 6.27. The van der Waals surface area contributed by atoms with Gasteiger partial charge in [0.2, 0.25) is 0 Å². The molecule has 458 valence electrons. The number of hydrogen-bond donors (Lipinski definition) is 0. The minimum atomic E-state index is -0.620. The van der Waals surface area contributed by atoms with Gasteiger partial charge in [-0.3, -0.25) is 0 Å². The van der Waals surface area contributed by atoms with Gasteiger partial charge >= 0.3 is 0 Å². The van der Waals surface area contributed by atoms with Crippen LogP contribution in [-0.4, -0.2) is 0 Å². The van der Waals surface area contributed by atoms with E-state index in [2.05, 4.69) is 375 Å². The summed E-state index contributed by atoms with van der Waals surface area (Å²) >= 11 is 0. The Kier molecular flexibility index (Phi) is 13.8. The maximum Gasteiger partial charge on any atom is 0.135 e. The molecule has 3 heteroatoms. The molecular formula is C94H66N2O. The Bertz CT molecular complexity index is 5580. The van der Waals surface area contributed by atoms with Crippen LogP contribution in [0.3, 0.4) is 0 Å². The fourth-order valence-electron chi connectivity index (χ4n) is 16.0.